The predicted octanol–water partition coefficient (Wildman–Crippen LogP) is 5.04. The Morgan fingerprint density at radius 2 is 2.11 bits per heavy atom. The summed E-state index contributed by atoms with van der Waals surface area (Å²) in [6.45, 7) is 2.12. The van der Waals surface area contributed by atoms with E-state index in [2.05, 4.69) is 4.98 Å². The quantitative estimate of drug-likeness (QED) is 0.571. The zero-order valence-corrected chi connectivity index (χ0v) is 21.1. The summed E-state index contributed by atoms with van der Waals surface area (Å²) in [4.78, 5) is 45.0. The van der Waals surface area contributed by atoms with Gasteiger partial charge in [-0.05, 0) is 49.8 Å². The van der Waals surface area contributed by atoms with Gasteiger partial charge in [0.25, 0.3) is 0 Å². The van der Waals surface area contributed by atoms with Crippen molar-refractivity contribution in [3.8, 4) is 6.08 Å². The number of carboxylic acids is 1. The maximum absolute atomic E-state index is 13.5. The topological polar surface area (TPSA) is 110 Å². The lowest BCUT2D eigenvalue weighted by molar-refractivity contribution is -0.147. The predicted molar refractivity (Wildman–Crippen MR) is 133 cm³/mol. The second-order valence-corrected chi connectivity index (χ2v) is 10.9. The number of amides is 1. The highest BCUT2D eigenvalue weighted by atomic mass is 35.5. The summed E-state index contributed by atoms with van der Waals surface area (Å²) in [6, 6.07) is 4.35. The molecule has 2 aromatic rings. The molecule has 0 radical (unpaired) electrons. The van der Waals surface area contributed by atoms with Crippen LogP contribution < -0.4 is 4.74 Å². The van der Waals surface area contributed by atoms with Crippen LogP contribution >= 0.6 is 11.6 Å². The van der Waals surface area contributed by atoms with Crippen LogP contribution in [0.3, 0.4) is 0 Å². The smallest absolute Gasteiger partial charge is 0.394 e. The van der Waals surface area contributed by atoms with Crippen molar-refractivity contribution in [2.45, 2.75) is 70.4 Å². The van der Waals surface area contributed by atoms with Gasteiger partial charge in [0.05, 0.1) is 18.0 Å². The fourth-order valence-corrected chi connectivity index (χ4v) is 5.77. The summed E-state index contributed by atoms with van der Waals surface area (Å²) in [5, 5.41) is 10.5. The molecule has 2 aliphatic heterocycles. The first-order valence-corrected chi connectivity index (χ1v) is 13.1. The number of nitrogens with zero attached hydrogens (tertiary/aromatic N) is 2. The van der Waals surface area contributed by atoms with Crippen molar-refractivity contribution < 1.29 is 28.6 Å². The maximum Gasteiger partial charge on any atom is 0.394 e. The second kappa shape index (κ2) is 9.88. The number of aliphatic carboxylic acids is 1. The van der Waals surface area contributed by atoms with Crippen LogP contribution in [0, 0.1) is 17.3 Å². The number of hydrogen-bond donors (Lipinski definition) is 1. The number of carbonyl (C=O) groups is 3. The first-order chi connectivity index (χ1) is 17.3. The number of Topliss-reactive ketones (excluding diaryl/α,β-unsaturated/α-hetero) is 1. The van der Waals surface area contributed by atoms with Gasteiger partial charge >= 0.3 is 12.0 Å². The van der Waals surface area contributed by atoms with E-state index in [4.69, 9.17) is 20.8 Å². The Hall–Kier alpha value is -2.87. The van der Waals surface area contributed by atoms with Crippen molar-refractivity contribution in [2.75, 3.05) is 6.54 Å². The highest BCUT2D eigenvalue weighted by Gasteiger charge is 2.61. The molecule has 2 fully saturated rings. The number of oxazole rings is 1. The number of fused-ring (bicyclic) bond motifs is 3. The number of halogens is 1. The number of ketones is 1. The van der Waals surface area contributed by atoms with E-state index in [1.165, 1.54) is 0 Å². The lowest BCUT2D eigenvalue weighted by Crippen LogP contribution is -2.44. The molecule has 1 amide bonds. The number of carboxylic acid groups (broad SMARTS) is 1. The maximum atomic E-state index is 13.5. The van der Waals surface area contributed by atoms with Crippen LogP contribution in [0.25, 0.3) is 11.1 Å². The van der Waals surface area contributed by atoms with E-state index in [1.807, 2.05) is 19.1 Å². The van der Waals surface area contributed by atoms with Crippen LogP contribution in [-0.2, 0) is 14.4 Å². The van der Waals surface area contributed by atoms with Gasteiger partial charge in [0.2, 0.25) is 5.91 Å². The standard InChI is InChI=1S/C27H31ClN2O6/c1-16-7-5-3-2-4-6-8-17-13-27(17,25(33)34)14-22(31)21-12-19(15-30(21)24(16)32)35-26-29-20-11-18(28)9-10-23(20)36-26/h6,8-11,16-17,19,21H,2-5,7,12-15H2,1H3,(H,33,34)/b8-6-/t16-,17+,19+,21-,27+/m0/s1. The van der Waals surface area contributed by atoms with E-state index in [0.29, 0.717) is 22.5 Å². The molecule has 0 bridgehead atoms. The van der Waals surface area contributed by atoms with Gasteiger partial charge in [0.15, 0.2) is 11.4 Å². The van der Waals surface area contributed by atoms with Gasteiger partial charge in [0.1, 0.15) is 11.6 Å². The van der Waals surface area contributed by atoms with Gasteiger partial charge < -0.3 is 19.2 Å². The Labute approximate surface area is 214 Å². The van der Waals surface area contributed by atoms with Crippen LogP contribution in [0.15, 0.2) is 34.8 Å². The van der Waals surface area contributed by atoms with Crippen molar-refractivity contribution in [3.05, 3.63) is 35.4 Å². The van der Waals surface area contributed by atoms with Crippen LogP contribution in [0.5, 0.6) is 6.08 Å². The molecular weight excluding hydrogens is 484 g/mol. The summed E-state index contributed by atoms with van der Waals surface area (Å²) in [5.41, 5.74) is 0.00803. The summed E-state index contributed by atoms with van der Waals surface area (Å²) < 4.78 is 11.7. The lowest BCUT2D eigenvalue weighted by Gasteiger charge is -2.27. The fraction of sp³-hybridized carbons (Fsp3) is 0.556. The molecule has 1 N–H and O–H groups in total. The normalized spacial score (nSPS) is 32.3. The van der Waals surface area contributed by atoms with Gasteiger partial charge in [0, 0.05) is 23.8 Å². The number of carbonyl (C=O) groups excluding carboxylic acids is 2. The number of aromatic nitrogens is 1. The van der Waals surface area contributed by atoms with Gasteiger partial charge in [-0.1, -0.05) is 43.5 Å². The highest BCUT2D eigenvalue weighted by molar-refractivity contribution is 6.31. The molecule has 9 heteroatoms. The average molecular weight is 515 g/mol. The first kappa shape index (κ1) is 24.8. The van der Waals surface area contributed by atoms with Crippen molar-refractivity contribution >= 4 is 40.4 Å². The molecule has 36 heavy (non-hydrogen) atoms. The van der Waals surface area contributed by atoms with Crippen LogP contribution in [0.2, 0.25) is 5.02 Å². The Kier molecular flexibility index (Phi) is 6.81. The number of ether oxygens (including phenoxy) is 1. The highest BCUT2D eigenvalue weighted by Crippen LogP contribution is 2.57. The van der Waals surface area contributed by atoms with Gasteiger partial charge in [-0.25, -0.2) is 0 Å². The molecule has 3 aliphatic rings. The average Bonchev–Trinajstić information content (AvgIpc) is 3.17. The minimum atomic E-state index is -1.08. The van der Waals surface area contributed by atoms with Gasteiger partial charge in [-0.3, -0.25) is 14.4 Å². The van der Waals surface area contributed by atoms with E-state index >= 15 is 0 Å². The molecule has 0 spiro atoms. The summed E-state index contributed by atoms with van der Waals surface area (Å²) in [6.07, 6.45) is 8.79. The molecule has 5 rings (SSSR count). The molecule has 1 aromatic heterocycles. The molecule has 5 atom stereocenters. The van der Waals surface area contributed by atoms with Crippen molar-refractivity contribution in [2.24, 2.45) is 17.3 Å². The number of allylic oxidation sites excluding steroid dienone is 2. The second-order valence-electron chi connectivity index (χ2n) is 10.5. The molecule has 1 saturated carbocycles. The lowest BCUT2D eigenvalue weighted by atomic mass is 9.91. The Balaban J connectivity index is 1.38. The molecule has 8 nitrogen and oxygen atoms in total. The molecule has 0 unspecified atom stereocenters. The molecule has 1 aliphatic carbocycles. The molecular formula is C27H31ClN2O6. The van der Waals surface area contributed by atoms with E-state index < -0.39 is 23.5 Å². The van der Waals surface area contributed by atoms with E-state index in [9.17, 15) is 19.5 Å². The zero-order valence-electron chi connectivity index (χ0n) is 20.3. The van der Waals surface area contributed by atoms with E-state index in [1.54, 1.807) is 23.1 Å². The molecule has 1 saturated heterocycles. The third-order valence-electron chi connectivity index (χ3n) is 7.86. The largest absolute Gasteiger partial charge is 0.481 e. The molecule has 3 heterocycles. The Bertz CT molecular complexity index is 1210. The SMILES string of the molecule is C[C@H]1CCCCC/C=C\[C@@H]2C[C@@]2(C(=O)O)CC(=O)[C@@H]2C[C@@H](Oc3nc4cc(Cl)ccc4o3)CN2C1=O. The number of hydrogen-bond acceptors (Lipinski definition) is 6. The van der Waals surface area contributed by atoms with Crippen molar-refractivity contribution in [1.29, 1.82) is 0 Å². The van der Waals surface area contributed by atoms with Gasteiger partial charge in [-0.15, -0.1) is 0 Å². The van der Waals surface area contributed by atoms with E-state index in [-0.39, 0.29) is 49.0 Å². The molecule has 1 aromatic carbocycles. The Morgan fingerprint density at radius 3 is 2.92 bits per heavy atom. The van der Waals surface area contributed by atoms with Crippen LogP contribution in [0.1, 0.15) is 58.3 Å². The van der Waals surface area contributed by atoms with Gasteiger partial charge in [-0.2, -0.15) is 4.98 Å². The summed E-state index contributed by atoms with van der Waals surface area (Å²) in [5.74, 6) is -1.63. The zero-order chi connectivity index (χ0) is 25.4. The minimum absolute atomic E-state index is 0.0577. The Morgan fingerprint density at radius 1 is 1.28 bits per heavy atom. The summed E-state index contributed by atoms with van der Waals surface area (Å²) in [7, 11) is 0. The van der Waals surface area contributed by atoms with Crippen LogP contribution in [-0.4, -0.2) is 51.3 Å². The number of benzene rings is 1. The number of rotatable bonds is 3. The molecule has 192 valence electrons. The van der Waals surface area contributed by atoms with Crippen molar-refractivity contribution in [3.63, 3.8) is 0 Å². The van der Waals surface area contributed by atoms with Crippen molar-refractivity contribution in [1.82, 2.24) is 9.88 Å². The summed E-state index contributed by atoms with van der Waals surface area (Å²) >= 11 is 6.04. The van der Waals surface area contributed by atoms with Crippen LogP contribution in [0.4, 0.5) is 0 Å². The third-order valence-corrected chi connectivity index (χ3v) is 8.10. The monoisotopic (exact) mass is 514 g/mol. The minimum Gasteiger partial charge on any atom is -0.481 e. The third kappa shape index (κ3) is 4.88. The van der Waals surface area contributed by atoms with E-state index in [0.717, 1.165) is 32.1 Å². The fourth-order valence-electron chi connectivity index (χ4n) is 5.60. The first-order valence-electron chi connectivity index (χ1n) is 12.7.